The smallest absolute Gasteiger partial charge is 0.319 e. The largest absolute Gasteiger partial charge is 0.508 e. The van der Waals surface area contributed by atoms with Gasteiger partial charge in [-0.15, -0.1) is 0 Å². The maximum absolute atomic E-state index is 16.4. The van der Waals surface area contributed by atoms with Crippen molar-refractivity contribution < 1.29 is 18.6 Å². The maximum Gasteiger partial charge on any atom is 0.319 e. The molecule has 11 heteroatoms. The van der Waals surface area contributed by atoms with E-state index in [0.29, 0.717) is 42.8 Å². The van der Waals surface area contributed by atoms with Gasteiger partial charge in [0.05, 0.1) is 11.9 Å². The molecule has 0 spiro atoms. The second kappa shape index (κ2) is 9.67. The molecule has 40 heavy (non-hydrogen) atoms. The number of halogens is 2. The van der Waals surface area contributed by atoms with Crippen LogP contribution in [0.4, 0.5) is 14.6 Å². The number of aromatic hydroxyl groups is 1. The minimum Gasteiger partial charge on any atom is -0.508 e. The summed E-state index contributed by atoms with van der Waals surface area (Å²) in [5.41, 5.74) is 0.0491. The first kappa shape index (κ1) is 24.6. The third-order valence-corrected chi connectivity index (χ3v) is 7.93. The molecule has 204 valence electrons. The molecule has 1 fully saturated rings. The molecule has 7 rings (SSSR count). The van der Waals surface area contributed by atoms with Gasteiger partial charge in [-0.05, 0) is 50.0 Å². The minimum atomic E-state index is -0.738. The lowest BCUT2D eigenvalue weighted by atomic mass is 9.99. The zero-order valence-electron chi connectivity index (χ0n) is 21.9. The highest BCUT2D eigenvalue weighted by molar-refractivity contribution is 6.00. The predicted octanol–water partition coefficient (Wildman–Crippen LogP) is 4.52. The summed E-state index contributed by atoms with van der Waals surface area (Å²) in [6.45, 7) is 3.19. The highest BCUT2D eigenvalue weighted by atomic mass is 19.1. The van der Waals surface area contributed by atoms with E-state index in [0.717, 1.165) is 25.2 Å². The van der Waals surface area contributed by atoms with Crippen molar-refractivity contribution in [3.8, 4) is 23.0 Å². The van der Waals surface area contributed by atoms with E-state index in [1.807, 2.05) is 11.1 Å². The summed E-state index contributed by atoms with van der Waals surface area (Å²) in [5.74, 6) is -0.0200. The molecule has 2 aliphatic heterocycles. The Hall–Kier alpha value is -4.38. The van der Waals surface area contributed by atoms with Crippen LogP contribution in [0.2, 0.25) is 0 Å². The maximum atomic E-state index is 16.4. The molecule has 2 aromatic carbocycles. The molecule has 0 amide bonds. The van der Waals surface area contributed by atoms with Crippen LogP contribution in [0, 0.1) is 11.6 Å². The monoisotopic (exact) mass is 543 g/mol. The molecule has 2 aliphatic rings. The first-order chi connectivity index (χ1) is 19.5. The Labute approximate surface area is 228 Å². The van der Waals surface area contributed by atoms with E-state index in [1.165, 1.54) is 24.4 Å². The molecule has 0 radical (unpaired) electrons. The van der Waals surface area contributed by atoms with E-state index in [-0.39, 0.29) is 40.0 Å². The van der Waals surface area contributed by atoms with Gasteiger partial charge in [-0.25, -0.2) is 13.8 Å². The Bertz CT molecular complexity index is 1760. The molecule has 0 bridgehead atoms. The number of likely N-dealkylation sites (tertiary alicyclic amines) is 1. The number of benzene rings is 2. The Morgan fingerprint density at radius 3 is 2.85 bits per heavy atom. The highest BCUT2D eigenvalue weighted by Gasteiger charge is 2.27. The molecule has 0 aliphatic carbocycles. The number of nitrogens with zero attached hydrogens (tertiary/aromatic N) is 7. The standard InChI is InChI=1S/C29H27F2N7O2/c1-36-8-3-5-18(36)16-40-29-34-27-21(28(35-29)38-11-10-37-9-7-32-23(37)15-38)14-33-26(25(27)31)20-13-19(39)12-17-4-2-6-22(30)24(17)20/h2,4,6-7,9,12-14,18,39H,3,5,8,10-11,15-16H2,1H3. The summed E-state index contributed by atoms with van der Waals surface area (Å²) >= 11 is 0. The number of fused-ring (bicyclic) bond motifs is 3. The zero-order chi connectivity index (χ0) is 27.4. The SMILES string of the molecule is CN1CCCC1COc1nc(N2CCn3ccnc3C2)c2cnc(-c3cc(O)cc4cccc(F)c34)c(F)c2n1. The van der Waals surface area contributed by atoms with Gasteiger partial charge in [-0.2, -0.15) is 9.97 Å². The zero-order valence-corrected chi connectivity index (χ0v) is 21.9. The van der Waals surface area contributed by atoms with Crippen LogP contribution in [-0.2, 0) is 13.1 Å². The van der Waals surface area contributed by atoms with Crippen molar-refractivity contribution in [2.24, 2.45) is 0 Å². The molecule has 0 saturated carbocycles. The fraction of sp³-hybridized carbons (Fsp3) is 0.310. The summed E-state index contributed by atoms with van der Waals surface area (Å²) in [6.07, 6.45) is 7.30. The van der Waals surface area contributed by atoms with E-state index in [9.17, 15) is 9.50 Å². The lowest BCUT2D eigenvalue weighted by Crippen LogP contribution is -2.34. The number of anilines is 1. The van der Waals surface area contributed by atoms with Crippen LogP contribution < -0.4 is 9.64 Å². The molecular formula is C29H27F2N7O2. The van der Waals surface area contributed by atoms with Crippen molar-refractivity contribution in [2.75, 3.05) is 31.6 Å². The van der Waals surface area contributed by atoms with Crippen molar-refractivity contribution in [1.82, 2.24) is 29.4 Å². The second-order valence-electron chi connectivity index (χ2n) is 10.4. The van der Waals surface area contributed by atoms with Crippen LogP contribution in [0.15, 0.2) is 48.9 Å². The lowest BCUT2D eigenvalue weighted by Gasteiger charge is -2.29. The predicted molar refractivity (Wildman–Crippen MR) is 146 cm³/mol. The van der Waals surface area contributed by atoms with Crippen LogP contribution in [0.25, 0.3) is 32.9 Å². The molecule has 5 aromatic rings. The van der Waals surface area contributed by atoms with Crippen molar-refractivity contribution in [3.63, 3.8) is 0 Å². The van der Waals surface area contributed by atoms with Crippen molar-refractivity contribution in [3.05, 3.63) is 66.4 Å². The Balaban J connectivity index is 1.38. The number of hydrogen-bond donors (Lipinski definition) is 1. The van der Waals surface area contributed by atoms with Crippen LogP contribution in [-0.4, -0.2) is 67.3 Å². The summed E-state index contributed by atoms with van der Waals surface area (Å²) in [6, 6.07) is 7.56. The van der Waals surface area contributed by atoms with E-state index < -0.39 is 11.6 Å². The van der Waals surface area contributed by atoms with Gasteiger partial charge in [0, 0.05) is 48.7 Å². The number of phenols is 1. The number of pyridine rings is 1. The molecule has 1 unspecified atom stereocenters. The van der Waals surface area contributed by atoms with Crippen LogP contribution in [0.5, 0.6) is 11.8 Å². The number of rotatable bonds is 5. The molecule has 5 heterocycles. The highest BCUT2D eigenvalue weighted by Crippen LogP contribution is 2.38. The summed E-state index contributed by atoms with van der Waals surface area (Å²) in [5, 5.41) is 11.4. The van der Waals surface area contributed by atoms with E-state index in [2.05, 4.69) is 31.5 Å². The number of phenolic OH excluding ortho intramolecular Hbond substituents is 1. The van der Waals surface area contributed by atoms with Crippen LogP contribution in [0.3, 0.4) is 0 Å². The molecule has 9 nitrogen and oxygen atoms in total. The quantitative estimate of drug-likeness (QED) is 0.346. The summed E-state index contributed by atoms with van der Waals surface area (Å²) in [4.78, 5) is 22.3. The van der Waals surface area contributed by atoms with Gasteiger partial charge >= 0.3 is 6.01 Å². The van der Waals surface area contributed by atoms with Crippen LogP contribution >= 0.6 is 0 Å². The number of hydrogen-bond acceptors (Lipinski definition) is 8. The van der Waals surface area contributed by atoms with Crippen molar-refractivity contribution in [2.45, 2.75) is 32.0 Å². The first-order valence-corrected chi connectivity index (χ1v) is 13.3. The average molecular weight is 544 g/mol. The number of imidazole rings is 1. The van der Waals surface area contributed by atoms with Crippen molar-refractivity contribution >= 4 is 27.5 Å². The molecule has 1 N–H and O–H groups in total. The van der Waals surface area contributed by atoms with Gasteiger partial charge in [0.25, 0.3) is 0 Å². The minimum absolute atomic E-state index is 0.0199. The van der Waals surface area contributed by atoms with Crippen molar-refractivity contribution in [1.29, 1.82) is 0 Å². The third-order valence-electron chi connectivity index (χ3n) is 7.93. The van der Waals surface area contributed by atoms with Gasteiger partial charge in [-0.3, -0.25) is 4.98 Å². The second-order valence-corrected chi connectivity index (χ2v) is 10.4. The number of aromatic nitrogens is 5. The first-order valence-electron chi connectivity index (χ1n) is 13.3. The van der Waals surface area contributed by atoms with Gasteiger partial charge in [0.1, 0.15) is 41.0 Å². The third kappa shape index (κ3) is 4.17. The van der Waals surface area contributed by atoms with Gasteiger partial charge in [0.2, 0.25) is 0 Å². The van der Waals surface area contributed by atoms with E-state index in [4.69, 9.17) is 9.72 Å². The Kier molecular flexibility index (Phi) is 5.96. The average Bonchev–Trinajstić information content (AvgIpc) is 3.59. The van der Waals surface area contributed by atoms with E-state index in [1.54, 1.807) is 18.3 Å². The Morgan fingerprint density at radius 1 is 1.10 bits per heavy atom. The van der Waals surface area contributed by atoms with Gasteiger partial charge in [0.15, 0.2) is 5.82 Å². The molecule has 3 aromatic heterocycles. The topological polar surface area (TPSA) is 92.4 Å². The Morgan fingerprint density at radius 2 is 2.00 bits per heavy atom. The fourth-order valence-corrected chi connectivity index (χ4v) is 5.78. The number of likely N-dealkylation sites (N-methyl/N-ethyl adjacent to an activating group) is 1. The normalized spacial score (nSPS) is 17.6. The number of ether oxygens (including phenoxy) is 1. The van der Waals surface area contributed by atoms with Gasteiger partial charge < -0.3 is 24.2 Å². The lowest BCUT2D eigenvalue weighted by molar-refractivity contribution is 0.188. The van der Waals surface area contributed by atoms with Gasteiger partial charge in [-0.1, -0.05) is 12.1 Å². The fourth-order valence-electron chi connectivity index (χ4n) is 5.78. The van der Waals surface area contributed by atoms with Crippen LogP contribution in [0.1, 0.15) is 18.7 Å². The summed E-state index contributed by atoms with van der Waals surface area (Å²) in [7, 11) is 2.06. The molecule has 1 atom stereocenters. The molecule has 1 saturated heterocycles. The molecular weight excluding hydrogens is 516 g/mol. The van der Waals surface area contributed by atoms with E-state index >= 15 is 4.39 Å². The summed E-state index contributed by atoms with van der Waals surface area (Å²) < 4.78 is 39.5.